The van der Waals surface area contributed by atoms with Gasteiger partial charge in [-0.1, -0.05) is 19.1 Å². The van der Waals surface area contributed by atoms with E-state index in [1.54, 1.807) is 35.4 Å². The summed E-state index contributed by atoms with van der Waals surface area (Å²) in [5, 5.41) is 7.90. The molecule has 1 fully saturated rings. The molecule has 9 heteroatoms. The summed E-state index contributed by atoms with van der Waals surface area (Å²) in [6.45, 7) is 3.81. The summed E-state index contributed by atoms with van der Waals surface area (Å²) >= 11 is 0. The van der Waals surface area contributed by atoms with Gasteiger partial charge < -0.3 is 18.8 Å². The van der Waals surface area contributed by atoms with Gasteiger partial charge in [-0.2, -0.15) is 0 Å². The number of pyridine rings is 1. The van der Waals surface area contributed by atoms with E-state index in [9.17, 15) is 14.0 Å². The first-order valence-electron chi connectivity index (χ1n) is 9.85. The van der Waals surface area contributed by atoms with Crippen LogP contribution in [-0.4, -0.2) is 51.8 Å². The monoisotopic (exact) mass is 411 g/mol. The summed E-state index contributed by atoms with van der Waals surface area (Å²) in [4.78, 5) is 28.6. The molecule has 0 unspecified atom stereocenters. The molecule has 0 atom stereocenters. The minimum absolute atomic E-state index is 0.0822. The molecule has 30 heavy (non-hydrogen) atoms. The maximum Gasteiger partial charge on any atom is 0.251 e. The third-order valence-corrected chi connectivity index (χ3v) is 5.13. The summed E-state index contributed by atoms with van der Waals surface area (Å²) in [6, 6.07) is 9.60. The zero-order valence-electron chi connectivity index (χ0n) is 16.6. The number of halogens is 1. The smallest absolute Gasteiger partial charge is 0.251 e. The van der Waals surface area contributed by atoms with Gasteiger partial charge in [0.2, 0.25) is 17.7 Å². The third-order valence-electron chi connectivity index (χ3n) is 5.13. The number of nitrogens with zero attached hydrogens (tertiary/aromatic N) is 5. The Morgan fingerprint density at radius 3 is 2.57 bits per heavy atom. The number of carbonyl (C=O) groups excluding carboxylic acids is 1. The summed E-state index contributed by atoms with van der Waals surface area (Å²) in [7, 11) is 0. The van der Waals surface area contributed by atoms with E-state index < -0.39 is 0 Å². The second-order valence-corrected chi connectivity index (χ2v) is 7.06. The first kappa shape index (κ1) is 19.8. The number of anilines is 1. The van der Waals surface area contributed by atoms with E-state index in [2.05, 4.69) is 10.2 Å². The number of hydrogen-bond acceptors (Lipinski definition) is 6. The van der Waals surface area contributed by atoms with E-state index in [1.165, 1.54) is 16.7 Å². The van der Waals surface area contributed by atoms with Gasteiger partial charge in [0.15, 0.2) is 0 Å². The van der Waals surface area contributed by atoms with Gasteiger partial charge in [-0.15, -0.1) is 10.2 Å². The molecule has 156 valence electrons. The molecule has 1 aliphatic rings. The van der Waals surface area contributed by atoms with Crippen molar-refractivity contribution >= 4 is 11.6 Å². The van der Waals surface area contributed by atoms with Gasteiger partial charge in [0.25, 0.3) is 5.56 Å². The van der Waals surface area contributed by atoms with Crippen LogP contribution in [0, 0.1) is 5.82 Å². The molecule has 1 aliphatic heterocycles. The lowest BCUT2D eigenvalue weighted by molar-refractivity contribution is -0.132. The SMILES string of the molecule is CCc1nnc(-c2ccc(=O)n(CC(=O)N3CCN(c4ccccc4F)CC3)c2)o1. The molecular formula is C21H22FN5O3. The van der Waals surface area contributed by atoms with E-state index in [0.29, 0.717) is 55.6 Å². The van der Waals surface area contributed by atoms with Crippen LogP contribution in [0.15, 0.2) is 51.8 Å². The molecule has 3 aromatic rings. The van der Waals surface area contributed by atoms with Crippen LogP contribution in [0.3, 0.4) is 0 Å². The second kappa shape index (κ2) is 8.48. The number of piperazine rings is 1. The van der Waals surface area contributed by atoms with Gasteiger partial charge >= 0.3 is 0 Å². The van der Waals surface area contributed by atoms with E-state index in [0.717, 1.165) is 0 Å². The van der Waals surface area contributed by atoms with Crippen molar-refractivity contribution in [2.24, 2.45) is 0 Å². The number of amides is 1. The van der Waals surface area contributed by atoms with Crippen molar-refractivity contribution < 1.29 is 13.6 Å². The molecule has 2 aromatic heterocycles. The van der Waals surface area contributed by atoms with E-state index >= 15 is 0 Å². The Balaban J connectivity index is 1.42. The Morgan fingerprint density at radius 2 is 1.87 bits per heavy atom. The van der Waals surface area contributed by atoms with Crippen molar-refractivity contribution in [3.63, 3.8) is 0 Å². The molecular weight excluding hydrogens is 389 g/mol. The molecule has 0 spiro atoms. The molecule has 1 amide bonds. The molecule has 0 bridgehead atoms. The Hall–Kier alpha value is -3.49. The fourth-order valence-electron chi connectivity index (χ4n) is 3.45. The topological polar surface area (TPSA) is 84.5 Å². The average molecular weight is 411 g/mol. The Morgan fingerprint density at radius 1 is 1.10 bits per heavy atom. The average Bonchev–Trinajstić information content (AvgIpc) is 3.25. The molecule has 0 aliphatic carbocycles. The van der Waals surface area contributed by atoms with Crippen LogP contribution in [0.1, 0.15) is 12.8 Å². The minimum atomic E-state index is -0.285. The normalized spacial score (nSPS) is 14.2. The van der Waals surface area contributed by atoms with Crippen LogP contribution in [0.2, 0.25) is 0 Å². The van der Waals surface area contributed by atoms with E-state index in [1.807, 2.05) is 11.8 Å². The summed E-state index contributed by atoms with van der Waals surface area (Å²) in [6.07, 6.45) is 2.17. The van der Waals surface area contributed by atoms with E-state index in [-0.39, 0.29) is 23.8 Å². The predicted molar refractivity (Wildman–Crippen MR) is 109 cm³/mol. The maximum atomic E-state index is 14.0. The van der Waals surface area contributed by atoms with Crippen molar-refractivity contribution in [2.75, 3.05) is 31.1 Å². The zero-order chi connectivity index (χ0) is 21.1. The fourth-order valence-corrected chi connectivity index (χ4v) is 3.45. The van der Waals surface area contributed by atoms with Gasteiger partial charge in [0.05, 0.1) is 11.3 Å². The van der Waals surface area contributed by atoms with E-state index in [4.69, 9.17) is 4.42 Å². The number of aromatic nitrogens is 3. The standard InChI is InChI=1S/C21H22FN5O3/c1-2-18-23-24-21(30-18)15-7-8-19(28)27(13-15)14-20(29)26-11-9-25(10-12-26)17-6-4-3-5-16(17)22/h3-8,13H,2,9-12,14H2,1H3. The van der Waals surface area contributed by atoms with Gasteiger partial charge in [-0.05, 0) is 18.2 Å². The quantitative estimate of drug-likeness (QED) is 0.638. The molecule has 0 radical (unpaired) electrons. The largest absolute Gasteiger partial charge is 0.421 e. The highest BCUT2D eigenvalue weighted by molar-refractivity contribution is 5.76. The van der Waals surface area contributed by atoms with Crippen molar-refractivity contribution in [3.8, 4) is 11.5 Å². The molecule has 0 N–H and O–H groups in total. The highest BCUT2D eigenvalue weighted by atomic mass is 19.1. The number of aryl methyl sites for hydroxylation is 1. The number of carbonyl (C=O) groups is 1. The lowest BCUT2D eigenvalue weighted by Crippen LogP contribution is -2.50. The van der Waals surface area contributed by atoms with Crippen LogP contribution in [0.4, 0.5) is 10.1 Å². The summed E-state index contributed by atoms with van der Waals surface area (Å²) < 4.78 is 20.9. The third kappa shape index (κ3) is 4.10. The van der Waals surface area contributed by atoms with Crippen LogP contribution in [0.5, 0.6) is 0 Å². The highest BCUT2D eigenvalue weighted by Gasteiger charge is 2.23. The number of para-hydroxylation sites is 1. The van der Waals surface area contributed by atoms with Gasteiger partial charge in [0, 0.05) is 44.9 Å². The Bertz CT molecular complexity index is 1100. The lowest BCUT2D eigenvalue weighted by Gasteiger charge is -2.36. The first-order chi connectivity index (χ1) is 14.5. The van der Waals surface area contributed by atoms with Crippen LogP contribution in [-0.2, 0) is 17.8 Å². The molecule has 8 nitrogen and oxygen atoms in total. The van der Waals surface area contributed by atoms with Crippen LogP contribution >= 0.6 is 0 Å². The lowest BCUT2D eigenvalue weighted by atomic mass is 10.2. The maximum absolute atomic E-state index is 14.0. The molecule has 1 aromatic carbocycles. The second-order valence-electron chi connectivity index (χ2n) is 7.06. The van der Waals surface area contributed by atoms with Gasteiger partial charge in [0.1, 0.15) is 12.4 Å². The van der Waals surface area contributed by atoms with Gasteiger partial charge in [-0.3, -0.25) is 9.59 Å². The Labute approximate surface area is 172 Å². The summed E-state index contributed by atoms with van der Waals surface area (Å²) in [5.41, 5.74) is 0.839. The molecule has 4 rings (SSSR count). The van der Waals surface area contributed by atoms with Crippen molar-refractivity contribution in [2.45, 2.75) is 19.9 Å². The number of hydrogen-bond donors (Lipinski definition) is 0. The Kier molecular flexibility index (Phi) is 5.60. The number of benzene rings is 1. The van der Waals surface area contributed by atoms with Crippen molar-refractivity contribution in [1.29, 1.82) is 0 Å². The summed E-state index contributed by atoms with van der Waals surface area (Å²) in [5.74, 6) is 0.383. The molecule has 1 saturated heterocycles. The number of rotatable bonds is 5. The predicted octanol–water partition coefficient (Wildman–Crippen LogP) is 1.95. The fraction of sp³-hybridized carbons (Fsp3) is 0.333. The van der Waals surface area contributed by atoms with Crippen LogP contribution in [0.25, 0.3) is 11.5 Å². The van der Waals surface area contributed by atoms with Crippen molar-refractivity contribution in [1.82, 2.24) is 19.7 Å². The van der Waals surface area contributed by atoms with Crippen LogP contribution < -0.4 is 10.5 Å². The van der Waals surface area contributed by atoms with Gasteiger partial charge in [-0.25, -0.2) is 4.39 Å². The zero-order valence-corrected chi connectivity index (χ0v) is 16.6. The minimum Gasteiger partial charge on any atom is -0.421 e. The molecule has 0 saturated carbocycles. The first-order valence-corrected chi connectivity index (χ1v) is 9.85. The van der Waals surface area contributed by atoms with Crippen molar-refractivity contribution in [3.05, 3.63) is 64.7 Å². The highest BCUT2D eigenvalue weighted by Crippen LogP contribution is 2.20. The molecule has 3 heterocycles.